The molecule has 0 aliphatic heterocycles. The maximum absolute atomic E-state index is 11.9. The van der Waals surface area contributed by atoms with Crippen molar-refractivity contribution in [2.45, 2.75) is 0 Å². The molecular formula is C16H11N5OS. The Bertz CT molecular complexity index is 836. The predicted octanol–water partition coefficient (Wildman–Crippen LogP) is 3.41. The molecular weight excluding hydrogens is 310 g/mol. The summed E-state index contributed by atoms with van der Waals surface area (Å²) in [6.45, 7) is 0. The number of rotatable bonds is 4. The van der Waals surface area contributed by atoms with Gasteiger partial charge in [0.15, 0.2) is 11.6 Å². The molecule has 6 nitrogen and oxygen atoms in total. The Hall–Kier alpha value is -3.24. The van der Waals surface area contributed by atoms with Crippen molar-refractivity contribution in [3.63, 3.8) is 0 Å². The van der Waals surface area contributed by atoms with Crippen molar-refractivity contribution in [2.24, 2.45) is 0 Å². The van der Waals surface area contributed by atoms with Gasteiger partial charge in [-0.3, -0.25) is 4.79 Å². The highest BCUT2D eigenvalue weighted by Crippen LogP contribution is 2.16. The molecule has 7 heteroatoms. The van der Waals surface area contributed by atoms with Crippen molar-refractivity contribution in [3.05, 3.63) is 64.4 Å². The number of anilines is 3. The standard InChI is InChI=1S/C16H11N5OS/c17-10-11-3-5-12(6-4-11)18-14-7-8-15(21-20-14)19-16(22)13-2-1-9-23-13/h1-9H,(H,18,20)(H,19,21,22). The van der Waals surface area contributed by atoms with E-state index in [1.165, 1.54) is 11.3 Å². The van der Waals surface area contributed by atoms with Gasteiger partial charge in [0.2, 0.25) is 0 Å². The lowest BCUT2D eigenvalue weighted by atomic mass is 10.2. The molecule has 0 fully saturated rings. The van der Waals surface area contributed by atoms with E-state index in [4.69, 9.17) is 5.26 Å². The molecule has 23 heavy (non-hydrogen) atoms. The fourth-order valence-electron chi connectivity index (χ4n) is 1.83. The van der Waals surface area contributed by atoms with Crippen LogP contribution in [0.2, 0.25) is 0 Å². The third kappa shape index (κ3) is 3.70. The Morgan fingerprint density at radius 1 is 1.04 bits per heavy atom. The van der Waals surface area contributed by atoms with E-state index in [9.17, 15) is 4.79 Å². The number of nitrogens with zero attached hydrogens (tertiary/aromatic N) is 3. The summed E-state index contributed by atoms with van der Waals surface area (Å²) in [5.74, 6) is 0.722. The molecule has 0 saturated heterocycles. The van der Waals surface area contributed by atoms with Crippen molar-refractivity contribution in [3.8, 4) is 6.07 Å². The average Bonchev–Trinajstić information content (AvgIpc) is 3.12. The quantitative estimate of drug-likeness (QED) is 0.768. The summed E-state index contributed by atoms with van der Waals surface area (Å²) in [5.41, 5.74) is 1.39. The van der Waals surface area contributed by atoms with Crippen molar-refractivity contribution in [2.75, 3.05) is 10.6 Å². The van der Waals surface area contributed by atoms with Gasteiger partial charge in [-0.15, -0.1) is 21.5 Å². The van der Waals surface area contributed by atoms with E-state index in [2.05, 4.69) is 26.9 Å². The van der Waals surface area contributed by atoms with Crippen molar-refractivity contribution < 1.29 is 4.79 Å². The Morgan fingerprint density at radius 3 is 2.39 bits per heavy atom. The van der Waals surface area contributed by atoms with Crippen LogP contribution < -0.4 is 10.6 Å². The zero-order valence-electron chi connectivity index (χ0n) is 11.9. The molecule has 1 amide bonds. The van der Waals surface area contributed by atoms with Crippen LogP contribution in [0.5, 0.6) is 0 Å². The summed E-state index contributed by atoms with van der Waals surface area (Å²) in [6, 6.07) is 16.0. The van der Waals surface area contributed by atoms with Gasteiger partial charge in [-0.25, -0.2) is 0 Å². The van der Waals surface area contributed by atoms with Gasteiger partial charge in [0.25, 0.3) is 5.91 Å². The van der Waals surface area contributed by atoms with E-state index < -0.39 is 0 Å². The molecule has 2 N–H and O–H groups in total. The lowest BCUT2D eigenvalue weighted by Crippen LogP contribution is -2.12. The first-order valence-electron chi connectivity index (χ1n) is 6.70. The van der Waals surface area contributed by atoms with E-state index in [1.807, 2.05) is 11.4 Å². The molecule has 0 radical (unpaired) electrons. The van der Waals surface area contributed by atoms with Gasteiger partial charge < -0.3 is 10.6 Å². The zero-order chi connectivity index (χ0) is 16.1. The summed E-state index contributed by atoms with van der Waals surface area (Å²) in [7, 11) is 0. The summed E-state index contributed by atoms with van der Waals surface area (Å²) >= 11 is 1.36. The molecule has 1 aromatic carbocycles. The molecule has 2 aromatic heterocycles. The van der Waals surface area contributed by atoms with E-state index in [0.717, 1.165) is 5.69 Å². The first kappa shape index (κ1) is 14.7. The van der Waals surface area contributed by atoms with E-state index in [1.54, 1.807) is 42.5 Å². The van der Waals surface area contributed by atoms with Crippen LogP contribution in [0, 0.1) is 11.3 Å². The summed E-state index contributed by atoms with van der Waals surface area (Å²) < 4.78 is 0. The van der Waals surface area contributed by atoms with E-state index >= 15 is 0 Å². The highest BCUT2D eigenvalue weighted by atomic mass is 32.1. The molecule has 0 aliphatic carbocycles. The lowest BCUT2D eigenvalue weighted by molar-refractivity contribution is 0.103. The second kappa shape index (κ2) is 6.68. The van der Waals surface area contributed by atoms with Crippen molar-refractivity contribution in [1.29, 1.82) is 5.26 Å². The molecule has 3 rings (SSSR count). The van der Waals surface area contributed by atoms with Gasteiger partial charge in [0.05, 0.1) is 16.5 Å². The second-order valence-corrected chi connectivity index (χ2v) is 5.50. The number of nitriles is 1. The van der Waals surface area contributed by atoms with Crippen LogP contribution in [0.4, 0.5) is 17.3 Å². The number of aromatic nitrogens is 2. The minimum atomic E-state index is -0.206. The number of carbonyl (C=O) groups excluding carboxylic acids is 1. The molecule has 112 valence electrons. The maximum atomic E-state index is 11.9. The van der Waals surface area contributed by atoms with Crippen LogP contribution in [0.3, 0.4) is 0 Å². The van der Waals surface area contributed by atoms with Gasteiger partial charge in [-0.1, -0.05) is 6.07 Å². The molecule has 0 atom stereocenters. The minimum absolute atomic E-state index is 0.206. The third-order valence-corrected chi connectivity index (χ3v) is 3.81. The SMILES string of the molecule is N#Cc1ccc(Nc2ccc(NC(=O)c3cccs3)nn2)cc1. The van der Waals surface area contributed by atoms with Crippen LogP contribution in [0.1, 0.15) is 15.2 Å². The molecule has 3 aromatic rings. The minimum Gasteiger partial charge on any atom is -0.339 e. The van der Waals surface area contributed by atoms with Crippen LogP contribution in [0.25, 0.3) is 0 Å². The van der Waals surface area contributed by atoms with Gasteiger partial charge in [0, 0.05) is 5.69 Å². The average molecular weight is 321 g/mol. The third-order valence-electron chi connectivity index (χ3n) is 2.94. The van der Waals surface area contributed by atoms with Gasteiger partial charge >= 0.3 is 0 Å². The Kier molecular flexibility index (Phi) is 4.27. The Balaban J connectivity index is 1.64. The molecule has 0 aliphatic rings. The van der Waals surface area contributed by atoms with Gasteiger partial charge in [-0.05, 0) is 47.8 Å². The maximum Gasteiger partial charge on any atom is 0.266 e. The van der Waals surface area contributed by atoms with Crippen molar-refractivity contribution >= 4 is 34.6 Å². The number of carbonyl (C=O) groups is 1. The van der Waals surface area contributed by atoms with E-state index in [0.29, 0.717) is 22.1 Å². The fraction of sp³-hybridized carbons (Fsp3) is 0. The highest BCUT2D eigenvalue weighted by Gasteiger charge is 2.08. The Morgan fingerprint density at radius 2 is 1.78 bits per heavy atom. The molecule has 0 saturated carbocycles. The first-order chi connectivity index (χ1) is 11.2. The smallest absolute Gasteiger partial charge is 0.266 e. The normalized spacial score (nSPS) is 9.87. The van der Waals surface area contributed by atoms with Crippen LogP contribution in [0.15, 0.2) is 53.9 Å². The molecule has 0 spiro atoms. The largest absolute Gasteiger partial charge is 0.339 e. The fourth-order valence-corrected chi connectivity index (χ4v) is 2.45. The van der Waals surface area contributed by atoms with Crippen molar-refractivity contribution in [1.82, 2.24) is 10.2 Å². The van der Waals surface area contributed by atoms with Crippen LogP contribution >= 0.6 is 11.3 Å². The summed E-state index contributed by atoms with van der Waals surface area (Å²) in [5, 5.41) is 24.3. The van der Waals surface area contributed by atoms with Crippen LogP contribution in [-0.4, -0.2) is 16.1 Å². The van der Waals surface area contributed by atoms with E-state index in [-0.39, 0.29) is 5.91 Å². The molecule has 0 unspecified atom stereocenters. The summed E-state index contributed by atoms with van der Waals surface area (Å²) in [4.78, 5) is 12.5. The first-order valence-corrected chi connectivity index (χ1v) is 7.58. The Labute approximate surface area is 136 Å². The van der Waals surface area contributed by atoms with Gasteiger partial charge in [-0.2, -0.15) is 5.26 Å². The predicted molar refractivity (Wildman–Crippen MR) is 88.7 cm³/mol. The molecule has 2 heterocycles. The zero-order valence-corrected chi connectivity index (χ0v) is 12.7. The second-order valence-electron chi connectivity index (χ2n) is 4.55. The number of thiophene rings is 1. The van der Waals surface area contributed by atoms with Crippen LogP contribution in [-0.2, 0) is 0 Å². The number of benzene rings is 1. The monoisotopic (exact) mass is 321 g/mol. The lowest BCUT2D eigenvalue weighted by Gasteiger charge is -2.06. The topological polar surface area (TPSA) is 90.7 Å². The molecule has 0 bridgehead atoms. The number of hydrogen-bond donors (Lipinski definition) is 2. The number of amides is 1. The summed E-state index contributed by atoms with van der Waals surface area (Å²) in [6.07, 6.45) is 0. The number of hydrogen-bond acceptors (Lipinski definition) is 6. The number of nitrogens with one attached hydrogen (secondary N) is 2. The van der Waals surface area contributed by atoms with Gasteiger partial charge in [0.1, 0.15) is 0 Å². The highest BCUT2D eigenvalue weighted by molar-refractivity contribution is 7.12.